The zero-order valence-electron chi connectivity index (χ0n) is 14.6. The second-order valence-electron chi connectivity index (χ2n) is 6.51. The normalized spacial score (nSPS) is 14.9. The summed E-state index contributed by atoms with van der Waals surface area (Å²) in [7, 11) is 0. The summed E-state index contributed by atoms with van der Waals surface area (Å²) < 4.78 is 5.33. The van der Waals surface area contributed by atoms with Crippen LogP contribution in [0.25, 0.3) is 11.5 Å². The summed E-state index contributed by atoms with van der Waals surface area (Å²) in [5.74, 6) is 1.57. The number of benzene rings is 1. The predicted octanol–water partition coefficient (Wildman–Crippen LogP) is 4.25. The highest BCUT2D eigenvalue weighted by Gasteiger charge is 2.26. The van der Waals surface area contributed by atoms with E-state index < -0.39 is 0 Å². The molecular weight excluding hydrogens is 364 g/mol. The Morgan fingerprint density at radius 3 is 2.48 bits per heavy atom. The highest BCUT2D eigenvalue weighted by molar-refractivity contribution is 6.30. The van der Waals surface area contributed by atoms with Crippen LogP contribution in [-0.2, 0) is 4.79 Å². The predicted molar refractivity (Wildman–Crippen MR) is 105 cm³/mol. The summed E-state index contributed by atoms with van der Waals surface area (Å²) in [6.07, 6.45) is 3.17. The molecule has 3 heterocycles. The van der Waals surface area contributed by atoms with Crippen molar-refractivity contribution in [2.75, 3.05) is 23.3 Å². The monoisotopic (exact) mass is 382 g/mol. The molecule has 1 saturated heterocycles. The number of aromatic nitrogens is 2. The zero-order chi connectivity index (χ0) is 18.6. The van der Waals surface area contributed by atoms with Gasteiger partial charge in [0.15, 0.2) is 11.6 Å². The number of rotatable bonds is 4. The molecular formula is C20H19ClN4O2. The van der Waals surface area contributed by atoms with Crippen LogP contribution in [0.2, 0.25) is 5.02 Å². The number of nitrogens with one attached hydrogen (secondary N) is 1. The maximum absolute atomic E-state index is 12.5. The standard InChI is InChI=1S/C20H19ClN4O2/c21-15-3-5-16(6-4-15)22-20(26)14-9-11-25(12-10-14)19-8-7-17(23-24-19)18-2-1-13-27-18/h1-8,13-14H,9-12H2,(H,22,26). The van der Waals surface area contributed by atoms with E-state index in [9.17, 15) is 4.79 Å². The van der Waals surface area contributed by atoms with Gasteiger partial charge in [0.2, 0.25) is 5.91 Å². The Morgan fingerprint density at radius 1 is 1.07 bits per heavy atom. The molecule has 1 fully saturated rings. The van der Waals surface area contributed by atoms with Crippen molar-refractivity contribution in [3.8, 4) is 11.5 Å². The van der Waals surface area contributed by atoms with Crippen LogP contribution in [-0.4, -0.2) is 29.2 Å². The van der Waals surface area contributed by atoms with Crippen molar-refractivity contribution in [1.29, 1.82) is 0 Å². The first kappa shape index (κ1) is 17.5. The number of anilines is 2. The minimum Gasteiger partial charge on any atom is -0.463 e. The summed E-state index contributed by atoms with van der Waals surface area (Å²) in [4.78, 5) is 14.6. The summed E-state index contributed by atoms with van der Waals surface area (Å²) >= 11 is 5.88. The number of nitrogens with zero attached hydrogens (tertiary/aromatic N) is 3. The number of amides is 1. The molecule has 1 aliphatic heterocycles. The molecule has 1 N–H and O–H groups in total. The Hall–Kier alpha value is -2.86. The van der Waals surface area contributed by atoms with E-state index in [0.29, 0.717) is 16.5 Å². The lowest BCUT2D eigenvalue weighted by atomic mass is 9.96. The van der Waals surface area contributed by atoms with Crippen molar-refractivity contribution in [2.45, 2.75) is 12.8 Å². The molecule has 3 aromatic rings. The molecule has 0 atom stereocenters. The van der Waals surface area contributed by atoms with E-state index in [1.54, 1.807) is 18.4 Å². The molecule has 0 aliphatic carbocycles. The van der Waals surface area contributed by atoms with Crippen LogP contribution in [0.1, 0.15) is 12.8 Å². The minimum absolute atomic E-state index is 0.00715. The van der Waals surface area contributed by atoms with Crippen molar-refractivity contribution in [1.82, 2.24) is 10.2 Å². The Bertz CT molecular complexity index is 887. The largest absolute Gasteiger partial charge is 0.463 e. The SMILES string of the molecule is O=C(Nc1ccc(Cl)cc1)C1CCN(c2ccc(-c3ccco3)nn2)CC1. The highest BCUT2D eigenvalue weighted by atomic mass is 35.5. The molecule has 0 radical (unpaired) electrons. The van der Waals surface area contributed by atoms with Gasteiger partial charge >= 0.3 is 0 Å². The molecule has 4 rings (SSSR count). The first-order chi connectivity index (χ1) is 13.2. The van der Waals surface area contributed by atoms with Crippen LogP contribution in [0.15, 0.2) is 59.2 Å². The Balaban J connectivity index is 1.33. The molecule has 7 heteroatoms. The van der Waals surface area contributed by atoms with E-state index in [4.69, 9.17) is 16.0 Å². The summed E-state index contributed by atoms with van der Waals surface area (Å²) in [5, 5.41) is 12.2. The molecule has 6 nitrogen and oxygen atoms in total. The first-order valence-electron chi connectivity index (χ1n) is 8.88. The van der Waals surface area contributed by atoms with Crippen molar-refractivity contribution in [2.24, 2.45) is 5.92 Å². The fourth-order valence-corrected chi connectivity index (χ4v) is 3.32. The van der Waals surface area contributed by atoms with Gasteiger partial charge in [-0.2, -0.15) is 0 Å². The van der Waals surface area contributed by atoms with Gasteiger partial charge in [0, 0.05) is 29.7 Å². The van der Waals surface area contributed by atoms with E-state index in [-0.39, 0.29) is 11.8 Å². The van der Waals surface area contributed by atoms with Crippen LogP contribution >= 0.6 is 11.6 Å². The lowest BCUT2D eigenvalue weighted by Crippen LogP contribution is -2.38. The quantitative estimate of drug-likeness (QED) is 0.730. The molecule has 138 valence electrons. The molecule has 27 heavy (non-hydrogen) atoms. The van der Waals surface area contributed by atoms with E-state index in [2.05, 4.69) is 20.4 Å². The maximum Gasteiger partial charge on any atom is 0.227 e. The van der Waals surface area contributed by atoms with Crippen molar-refractivity contribution >= 4 is 29.0 Å². The van der Waals surface area contributed by atoms with Crippen LogP contribution in [0.4, 0.5) is 11.5 Å². The second-order valence-corrected chi connectivity index (χ2v) is 6.95. The molecule has 0 saturated carbocycles. The molecule has 1 aliphatic rings. The number of furan rings is 1. The second kappa shape index (κ2) is 7.80. The molecule has 2 aromatic heterocycles. The van der Waals surface area contributed by atoms with Crippen molar-refractivity contribution in [3.63, 3.8) is 0 Å². The third-order valence-electron chi connectivity index (χ3n) is 4.73. The number of hydrogen-bond donors (Lipinski definition) is 1. The maximum atomic E-state index is 12.5. The number of hydrogen-bond acceptors (Lipinski definition) is 5. The molecule has 1 amide bonds. The topological polar surface area (TPSA) is 71.3 Å². The van der Waals surface area contributed by atoms with E-state index in [0.717, 1.165) is 37.4 Å². The number of halogens is 1. The van der Waals surface area contributed by atoms with E-state index in [1.165, 1.54) is 0 Å². The fourth-order valence-electron chi connectivity index (χ4n) is 3.20. The van der Waals surface area contributed by atoms with Gasteiger partial charge in [-0.3, -0.25) is 4.79 Å². The van der Waals surface area contributed by atoms with Gasteiger partial charge < -0.3 is 14.6 Å². The van der Waals surface area contributed by atoms with E-state index in [1.807, 2.05) is 36.4 Å². The van der Waals surface area contributed by atoms with E-state index >= 15 is 0 Å². The van der Waals surface area contributed by atoms with Crippen molar-refractivity contribution in [3.05, 3.63) is 59.8 Å². The van der Waals surface area contributed by atoms with Gasteiger partial charge in [0.25, 0.3) is 0 Å². The zero-order valence-corrected chi connectivity index (χ0v) is 15.4. The van der Waals surface area contributed by atoms with Gasteiger partial charge in [-0.05, 0) is 61.4 Å². The van der Waals surface area contributed by atoms with Gasteiger partial charge in [0.05, 0.1) is 6.26 Å². The van der Waals surface area contributed by atoms with Gasteiger partial charge in [0.1, 0.15) is 5.69 Å². The summed E-state index contributed by atoms with van der Waals surface area (Å²) in [5.41, 5.74) is 1.48. The Kier molecular flexibility index (Phi) is 5.07. The van der Waals surface area contributed by atoms with Gasteiger partial charge in [-0.15, -0.1) is 10.2 Å². The Labute approximate surface area is 162 Å². The van der Waals surface area contributed by atoms with Crippen LogP contribution in [0.3, 0.4) is 0 Å². The molecule has 0 unspecified atom stereocenters. The third kappa shape index (κ3) is 4.11. The van der Waals surface area contributed by atoms with Gasteiger partial charge in [-0.1, -0.05) is 11.6 Å². The lowest BCUT2D eigenvalue weighted by Gasteiger charge is -2.31. The number of carbonyl (C=O) groups is 1. The smallest absolute Gasteiger partial charge is 0.227 e. The molecule has 1 aromatic carbocycles. The van der Waals surface area contributed by atoms with Crippen LogP contribution < -0.4 is 10.2 Å². The molecule has 0 spiro atoms. The lowest BCUT2D eigenvalue weighted by molar-refractivity contribution is -0.120. The molecule has 0 bridgehead atoms. The van der Waals surface area contributed by atoms with Crippen LogP contribution in [0, 0.1) is 5.92 Å². The average Bonchev–Trinajstić information content (AvgIpc) is 3.25. The van der Waals surface area contributed by atoms with Gasteiger partial charge in [-0.25, -0.2) is 0 Å². The highest BCUT2D eigenvalue weighted by Crippen LogP contribution is 2.24. The Morgan fingerprint density at radius 2 is 1.85 bits per heavy atom. The van der Waals surface area contributed by atoms with Crippen LogP contribution in [0.5, 0.6) is 0 Å². The van der Waals surface area contributed by atoms with Crippen molar-refractivity contribution < 1.29 is 9.21 Å². The minimum atomic E-state index is -0.00715. The first-order valence-corrected chi connectivity index (χ1v) is 9.26. The summed E-state index contributed by atoms with van der Waals surface area (Å²) in [6.45, 7) is 1.54. The third-order valence-corrected chi connectivity index (χ3v) is 4.98. The fraction of sp³-hybridized carbons (Fsp3) is 0.250. The number of piperidine rings is 1. The summed E-state index contributed by atoms with van der Waals surface area (Å²) in [6, 6.07) is 14.7. The average molecular weight is 383 g/mol. The number of carbonyl (C=O) groups excluding carboxylic acids is 1.